The maximum absolute atomic E-state index is 13.5. The first kappa shape index (κ1) is 25.0. The lowest BCUT2D eigenvalue weighted by molar-refractivity contribution is -0.132. The Bertz CT molecular complexity index is 1400. The van der Waals surface area contributed by atoms with Crippen molar-refractivity contribution in [2.45, 2.75) is 46.1 Å². The molecule has 3 aromatic carbocycles. The number of hydrogen-bond donors (Lipinski definition) is 2. The van der Waals surface area contributed by atoms with Gasteiger partial charge in [-0.1, -0.05) is 62.7 Å². The SMILES string of the molecule is COc1ccc(C(C)(C)C)cc1/C(O)=C1\C(=O)C(=O)N(c2cc(C)ccc2O)C1c1cccc(C)c1. The number of aromatic hydroxyl groups is 1. The number of carbonyl (C=O) groups is 2. The van der Waals surface area contributed by atoms with Crippen LogP contribution in [-0.4, -0.2) is 29.0 Å². The zero-order chi connectivity index (χ0) is 26.4. The van der Waals surface area contributed by atoms with Gasteiger partial charge in [0.05, 0.1) is 30.0 Å². The van der Waals surface area contributed by atoms with Crippen molar-refractivity contribution in [3.8, 4) is 11.5 Å². The summed E-state index contributed by atoms with van der Waals surface area (Å²) >= 11 is 0. The summed E-state index contributed by atoms with van der Waals surface area (Å²) in [4.78, 5) is 28.2. The number of phenols is 1. The van der Waals surface area contributed by atoms with E-state index in [9.17, 15) is 19.8 Å². The van der Waals surface area contributed by atoms with Crippen LogP contribution in [0.15, 0.2) is 66.2 Å². The first-order valence-corrected chi connectivity index (χ1v) is 11.8. The maximum Gasteiger partial charge on any atom is 0.300 e. The number of Topliss-reactive ketones (excluding diaryl/α,β-unsaturated/α-hetero) is 1. The Morgan fingerprint density at radius 2 is 1.64 bits per heavy atom. The second-order valence-electron chi connectivity index (χ2n) is 10.2. The molecule has 1 heterocycles. The number of nitrogens with zero attached hydrogens (tertiary/aromatic N) is 1. The van der Waals surface area contributed by atoms with Crippen LogP contribution in [0.1, 0.15) is 54.6 Å². The van der Waals surface area contributed by atoms with E-state index in [1.165, 1.54) is 18.1 Å². The summed E-state index contributed by atoms with van der Waals surface area (Å²) in [7, 11) is 1.49. The number of phenolic OH excluding ortho intramolecular Hbond substituents is 1. The van der Waals surface area contributed by atoms with Crippen molar-refractivity contribution in [1.29, 1.82) is 0 Å². The van der Waals surface area contributed by atoms with Gasteiger partial charge in [-0.2, -0.15) is 0 Å². The van der Waals surface area contributed by atoms with Gasteiger partial charge in [0, 0.05) is 0 Å². The Balaban J connectivity index is 2.04. The zero-order valence-electron chi connectivity index (χ0n) is 21.4. The molecule has 0 spiro atoms. The molecule has 36 heavy (non-hydrogen) atoms. The molecule has 6 nitrogen and oxygen atoms in total. The van der Waals surface area contributed by atoms with Crippen molar-refractivity contribution in [2.75, 3.05) is 12.0 Å². The predicted molar refractivity (Wildman–Crippen MR) is 140 cm³/mol. The van der Waals surface area contributed by atoms with Gasteiger partial charge in [0.15, 0.2) is 0 Å². The average Bonchev–Trinajstić information content (AvgIpc) is 3.09. The summed E-state index contributed by atoms with van der Waals surface area (Å²) < 4.78 is 5.52. The lowest BCUT2D eigenvalue weighted by Gasteiger charge is -2.27. The number of aryl methyl sites for hydroxylation is 2. The van der Waals surface area contributed by atoms with Gasteiger partial charge < -0.3 is 14.9 Å². The molecule has 1 amide bonds. The third kappa shape index (κ3) is 4.35. The van der Waals surface area contributed by atoms with Crippen molar-refractivity contribution < 1.29 is 24.5 Å². The Morgan fingerprint density at radius 1 is 0.944 bits per heavy atom. The summed E-state index contributed by atoms with van der Waals surface area (Å²) in [5.41, 5.74) is 3.57. The van der Waals surface area contributed by atoms with Crippen LogP contribution in [0.25, 0.3) is 5.76 Å². The van der Waals surface area contributed by atoms with E-state index in [0.29, 0.717) is 16.9 Å². The lowest BCUT2D eigenvalue weighted by Crippen LogP contribution is -2.29. The highest BCUT2D eigenvalue weighted by molar-refractivity contribution is 6.52. The van der Waals surface area contributed by atoms with E-state index in [2.05, 4.69) is 0 Å². The molecule has 4 rings (SSSR count). The van der Waals surface area contributed by atoms with Crippen LogP contribution in [0.4, 0.5) is 5.69 Å². The molecular weight excluding hydrogens is 454 g/mol. The normalized spacial score (nSPS) is 17.5. The molecule has 1 atom stereocenters. The van der Waals surface area contributed by atoms with E-state index < -0.39 is 17.7 Å². The summed E-state index contributed by atoms with van der Waals surface area (Å²) in [6.45, 7) is 9.89. The highest BCUT2D eigenvalue weighted by atomic mass is 16.5. The predicted octanol–water partition coefficient (Wildman–Crippen LogP) is 5.94. The molecule has 0 radical (unpaired) electrons. The molecule has 186 valence electrons. The van der Waals surface area contributed by atoms with Gasteiger partial charge in [-0.15, -0.1) is 0 Å². The van der Waals surface area contributed by atoms with Gasteiger partial charge >= 0.3 is 0 Å². The number of amides is 1. The standard InChI is InChI=1S/C30H31NO5/c1-17-8-7-9-19(14-17)26-25(27(33)21-16-20(30(3,4)5)11-13-24(21)36-6)28(34)29(35)31(26)22-15-18(2)10-12-23(22)32/h7-16,26,32-33H,1-6H3/b27-25+. The number of methoxy groups -OCH3 is 1. The Labute approximate surface area is 211 Å². The lowest BCUT2D eigenvalue weighted by atomic mass is 9.85. The second kappa shape index (κ2) is 9.19. The van der Waals surface area contributed by atoms with Crippen molar-refractivity contribution in [2.24, 2.45) is 0 Å². The molecule has 0 aliphatic carbocycles. The first-order valence-electron chi connectivity index (χ1n) is 11.8. The van der Waals surface area contributed by atoms with Crippen molar-refractivity contribution in [3.63, 3.8) is 0 Å². The molecule has 2 N–H and O–H groups in total. The zero-order valence-corrected chi connectivity index (χ0v) is 21.4. The molecule has 0 saturated carbocycles. The molecule has 3 aromatic rings. The van der Waals surface area contributed by atoms with E-state index in [1.807, 2.05) is 58.9 Å². The average molecular weight is 486 g/mol. The fourth-order valence-electron chi connectivity index (χ4n) is 4.57. The molecule has 1 unspecified atom stereocenters. The van der Waals surface area contributed by atoms with E-state index >= 15 is 0 Å². The molecule has 1 aliphatic rings. The van der Waals surface area contributed by atoms with Gasteiger partial charge in [0.1, 0.15) is 17.3 Å². The number of carbonyl (C=O) groups excluding carboxylic acids is 2. The number of benzene rings is 3. The smallest absolute Gasteiger partial charge is 0.300 e. The molecule has 0 bridgehead atoms. The monoisotopic (exact) mass is 485 g/mol. The minimum atomic E-state index is -0.944. The highest BCUT2D eigenvalue weighted by Crippen LogP contribution is 2.46. The molecule has 0 aromatic heterocycles. The van der Waals surface area contributed by atoms with Gasteiger partial charge in [-0.05, 0) is 60.2 Å². The second-order valence-corrected chi connectivity index (χ2v) is 10.2. The molecule has 6 heteroatoms. The van der Waals surface area contributed by atoms with Crippen molar-refractivity contribution in [3.05, 3.63) is 94.1 Å². The topological polar surface area (TPSA) is 87.1 Å². The number of aliphatic hydroxyl groups is 1. The van der Waals surface area contributed by atoms with Crippen LogP contribution >= 0.6 is 0 Å². The summed E-state index contributed by atoms with van der Waals surface area (Å²) in [5, 5.41) is 22.3. The fraction of sp³-hybridized carbons (Fsp3) is 0.267. The van der Waals surface area contributed by atoms with Crippen LogP contribution in [0.3, 0.4) is 0 Å². The van der Waals surface area contributed by atoms with E-state index in [1.54, 1.807) is 30.3 Å². The van der Waals surface area contributed by atoms with Gasteiger partial charge in [-0.25, -0.2) is 0 Å². The van der Waals surface area contributed by atoms with Gasteiger partial charge in [0.2, 0.25) is 0 Å². The van der Waals surface area contributed by atoms with Crippen LogP contribution in [-0.2, 0) is 15.0 Å². The van der Waals surface area contributed by atoms with Crippen LogP contribution < -0.4 is 9.64 Å². The van der Waals surface area contributed by atoms with Gasteiger partial charge in [-0.3, -0.25) is 14.5 Å². The van der Waals surface area contributed by atoms with E-state index in [4.69, 9.17) is 4.74 Å². The number of hydrogen-bond acceptors (Lipinski definition) is 5. The largest absolute Gasteiger partial charge is 0.507 e. The number of ketones is 1. The third-order valence-corrected chi connectivity index (χ3v) is 6.51. The summed E-state index contributed by atoms with van der Waals surface area (Å²) in [6.07, 6.45) is 0. The summed E-state index contributed by atoms with van der Waals surface area (Å²) in [5.74, 6) is -1.73. The van der Waals surface area contributed by atoms with Crippen LogP contribution in [0.5, 0.6) is 11.5 Å². The Morgan fingerprint density at radius 3 is 2.28 bits per heavy atom. The minimum Gasteiger partial charge on any atom is -0.507 e. The molecule has 1 fully saturated rings. The van der Waals surface area contributed by atoms with Crippen molar-refractivity contribution in [1.82, 2.24) is 0 Å². The molecule has 1 saturated heterocycles. The van der Waals surface area contributed by atoms with E-state index in [0.717, 1.165) is 16.7 Å². The summed E-state index contributed by atoms with van der Waals surface area (Å²) in [6, 6.07) is 16.8. The highest BCUT2D eigenvalue weighted by Gasteiger charge is 2.48. The van der Waals surface area contributed by atoms with Crippen LogP contribution in [0.2, 0.25) is 0 Å². The Kier molecular flexibility index (Phi) is 6.39. The number of anilines is 1. The maximum atomic E-state index is 13.5. The Hall–Kier alpha value is -4.06. The van der Waals surface area contributed by atoms with Gasteiger partial charge in [0.25, 0.3) is 11.7 Å². The number of ether oxygens (including phenoxy) is 1. The van der Waals surface area contributed by atoms with Crippen LogP contribution in [0, 0.1) is 13.8 Å². The molecule has 1 aliphatic heterocycles. The number of aliphatic hydroxyl groups excluding tert-OH is 1. The molecular formula is C30H31NO5. The van der Waals surface area contributed by atoms with E-state index in [-0.39, 0.29) is 28.2 Å². The first-order chi connectivity index (χ1) is 16.9. The van der Waals surface area contributed by atoms with Crippen molar-refractivity contribution >= 4 is 23.1 Å². The minimum absolute atomic E-state index is 0.0594. The third-order valence-electron chi connectivity index (χ3n) is 6.51. The fourth-order valence-corrected chi connectivity index (χ4v) is 4.57. The quantitative estimate of drug-likeness (QED) is 0.271. The number of rotatable bonds is 4.